The van der Waals surface area contributed by atoms with Crippen LogP contribution in [-0.2, 0) is 4.79 Å². The van der Waals surface area contributed by atoms with Gasteiger partial charge in [0, 0.05) is 23.2 Å². The molecule has 1 saturated heterocycles. The lowest BCUT2D eigenvalue weighted by molar-refractivity contribution is -0.141. The minimum absolute atomic E-state index is 0.0118. The Morgan fingerprint density at radius 1 is 1.15 bits per heavy atom. The van der Waals surface area contributed by atoms with Gasteiger partial charge in [-0.3, -0.25) is 9.69 Å². The Morgan fingerprint density at radius 3 is 2.37 bits per heavy atom. The highest BCUT2D eigenvalue weighted by molar-refractivity contribution is 9.11. The van der Waals surface area contributed by atoms with Gasteiger partial charge < -0.3 is 4.90 Å². The van der Waals surface area contributed by atoms with Crippen LogP contribution in [0.25, 0.3) is 0 Å². The highest BCUT2D eigenvalue weighted by atomic mass is 79.9. The molecule has 2 aliphatic carbocycles. The van der Waals surface area contributed by atoms with Crippen molar-refractivity contribution < 1.29 is 13.6 Å². The highest BCUT2D eigenvalue weighted by Gasteiger charge is 2.57. The average molecular weight is 443 g/mol. The van der Waals surface area contributed by atoms with E-state index in [1.165, 1.54) is 19.3 Å². The number of alkyl halides is 2. The predicted molar refractivity (Wildman–Crippen MR) is 106 cm³/mol. The summed E-state index contributed by atoms with van der Waals surface area (Å²) in [5, 5.41) is 0. The van der Waals surface area contributed by atoms with Gasteiger partial charge in [0.1, 0.15) is 0 Å². The lowest BCUT2D eigenvalue weighted by Gasteiger charge is -2.56. The summed E-state index contributed by atoms with van der Waals surface area (Å²) in [5.74, 6) is -0.890. The van der Waals surface area contributed by atoms with Crippen molar-refractivity contribution in [2.75, 3.05) is 13.1 Å². The van der Waals surface area contributed by atoms with Crippen LogP contribution in [0.15, 0.2) is 21.8 Å². The first kappa shape index (κ1) is 19.6. The molecule has 27 heavy (non-hydrogen) atoms. The van der Waals surface area contributed by atoms with Crippen LogP contribution in [0.3, 0.4) is 0 Å². The van der Waals surface area contributed by atoms with Gasteiger partial charge in [0.2, 0.25) is 12.3 Å². The summed E-state index contributed by atoms with van der Waals surface area (Å²) in [5.41, 5.74) is 0.658. The van der Waals surface area contributed by atoms with Gasteiger partial charge in [-0.05, 0) is 82.1 Å². The molecule has 0 aromatic rings. The fraction of sp³-hybridized carbons (Fsp3) is 0.762. The minimum Gasteiger partial charge on any atom is -0.308 e. The Kier molecular flexibility index (Phi) is 4.82. The molecular formula is C21H29BrF2N2O. The smallest absolute Gasteiger partial charge is 0.245 e. The van der Waals surface area contributed by atoms with Crippen LogP contribution in [0.4, 0.5) is 8.78 Å². The van der Waals surface area contributed by atoms with Crippen LogP contribution in [0, 0.1) is 11.3 Å². The van der Waals surface area contributed by atoms with Gasteiger partial charge in [0.15, 0.2) is 0 Å². The quantitative estimate of drug-likeness (QED) is 0.608. The second-order valence-corrected chi connectivity index (χ2v) is 10.5. The van der Waals surface area contributed by atoms with E-state index in [-0.39, 0.29) is 23.9 Å². The zero-order valence-corrected chi connectivity index (χ0v) is 18.0. The van der Waals surface area contributed by atoms with Crippen LogP contribution in [0.2, 0.25) is 0 Å². The van der Waals surface area contributed by atoms with E-state index in [4.69, 9.17) is 0 Å². The number of hydrogen-bond donors (Lipinski definition) is 0. The van der Waals surface area contributed by atoms with Crippen LogP contribution in [-0.4, -0.2) is 46.8 Å². The van der Waals surface area contributed by atoms with Crippen molar-refractivity contribution in [2.24, 2.45) is 11.3 Å². The molecule has 0 bridgehead atoms. The van der Waals surface area contributed by atoms with Crippen LogP contribution in [0.5, 0.6) is 0 Å². The number of carbonyl (C=O) groups is 1. The summed E-state index contributed by atoms with van der Waals surface area (Å²) in [4.78, 5) is 17.7. The summed E-state index contributed by atoms with van der Waals surface area (Å²) in [6.07, 6.45) is 5.39. The van der Waals surface area contributed by atoms with Crippen molar-refractivity contribution in [3.63, 3.8) is 0 Å². The third-order valence-corrected chi connectivity index (χ3v) is 7.73. The summed E-state index contributed by atoms with van der Waals surface area (Å²) < 4.78 is 28.3. The van der Waals surface area contributed by atoms with Crippen molar-refractivity contribution in [1.82, 2.24) is 9.80 Å². The maximum atomic E-state index is 13.8. The fourth-order valence-corrected chi connectivity index (χ4v) is 6.27. The standard InChI is InChI=1S/C21H29BrF2N2O/c1-20(2)17-15(18(23)24)9-13(22)10-16(17)26(19(20)27)14-11-21(3,12-14)25-7-5-4-6-8-25/h10,14-15,18H,4-9,11-12H2,1-3H3. The average Bonchev–Trinajstić information content (AvgIpc) is 2.78. The largest absolute Gasteiger partial charge is 0.308 e. The Hall–Kier alpha value is -0.750. The van der Waals surface area contributed by atoms with E-state index in [1.54, 1.807) is 0 Å². The molecule has 0 aromatic carbocycles. The van der Waals surface area contributed by atoms with Crippen molar-refractivity contribution in [3.8, 4) is 0 Å². The summed E-state index contributed by atoms with van der Waals surface area (Å²) in [7, 11) is 0. The fourth-order valence-electron chi connectivity index (χ4n) is 5.70. The Labute approximate surface area is 169 Å². The molecule has 0 aromatic heterocycles. The van der Waals surface area contributed by atoms with Gasteiger partial charge in [-0.2, -0.15) is 0 Å². The number of halogens is 3. The van der Waals surface area contributed by atoms with Gasteiger partial charge in [0.05, 0.1) is 5.41 Å². The molecule has 0 N–H and O–H groups in total. The SMILES string of the molecule is CC1(C)C(=O)N(C2CC(C)(N3CCCCC3)C2)C2=C1C(C(F)F)CC(Br)=C2. The van der Waals surface area contributed by atoms with Crippen molar-refractivity contribution >= 4 is 21.8 Å². The Balaban J connectivity index is 1.61. The number of allylic oxidation sites excluding steroid dienone is 2. The minimum atomic E-state index is -2.46. The number of hydrogen-bond acceptors (Lipinski definition) is 2. The Morgan fingerprint density at radius 2 is 1.78 bits per heavy atom. The lowest BCUT2D eigenvalue weighted by Crippen LogP contribution is -2.63. The summed E-state index contributed by atoms with van der Waals surface area (Å²) >= 11 is 3.44. The van der Waals surface area contributed by atoms with E-state index in [0.717, 1.165) is 36.1 Å². The first-order valence-corrected chi connectivity index (χ1v) is 10.9. The molecular weight excluding hydrogens is 414 g/mol. The van der Waals surface area contributed by atoms with Gasteiger partial charge >= 0.3 is 0 Å². The van der Waals surface area contributed by atoms with E-state index >= 15 is 0 Å². The van der Waals surface area contributed by atoms with Gasteiger partial charge in [0.25, 0.3) is 0 Å². The van der Waals surface area contributed by atoms with Crippen molar-refractivity contribution in [1.29, 1.82) is 0 Å². The normalized spacial score (nSPS) is 36.8. The van der Waals surface area contributed by atoms with E-state index in [2.05, 4.69) is 27.8 Å². The molecule has 2 heterocycles. The van der Waals surface area contributed by atoms with Crippen LogP contribution >= 0.6 is 15.9 Å². The summed E-state index contributed by atoms with van der Waals surface area (Å²) in [6.45, 7) is 8.20. The summed E-state index contributed by atoms with van der Waals surface area (Å²) in [6, 6.07) is 0.115. The predicted octanol–water partition coefficient (Wildman–Crippen LogP) is 5.08. The maximum Gasteiger partial charge on any atom is 0.245 e. The number of rotatable bonds is 3. The second kappa shape index (κ2) is 6.65. The van der Waals surface area contributed by atoms with Crippen molar-refractivity contribution in [3.05, 3.63) is 21.8 Å². The molecule has 3 nitrogen and oxygen atoms in total. The van der Waals surface area contributed by atoms with Gasteiger partial charge in [-0.25, -0.2) is 8.78 Å². The molecule has 0 spiro atoms. The van der Waals surface area contributed by atoms with E-state index in [1.807, 2.05) is 24.8 Å². The Bertz CT molecular complexity index is 703. The molecule has 1 amide bonds. The molecule has 6 heteroatoms. The third kappa shape index (κ3) is 3.02. The second-order valence-electron chi connectivity index (χ2n) is 9.44. The number of carbonyl (C=O) groups excluding carboxylic acids is 1. The molecule has 1 unspecified atom stereocenters. The van der Waals surface area contributed by atoms with Gasteiger partial charge in [-0.1, -0.05) is 22.4 Å². The van der Waals surface area contributed by atoms with Crippen LogP contribution < -0.4 is 0 Å². The highest BCUT2D eigenvalue weighted by Crippen LogP contribution is 2.54. The van der Waals surface area contributed by atoms with E-state index < -0.39 is 17.8 Å². The molecule has 2 aliphatic heterocycles. The zero-order chi connectivity index (χ0) is 19.6. The van der Waals surface area contributed by atoms with Gasteiger partial charge in [-0.15, -0.1) is 0 Å². The molecule has 2 fully saturated rings. The first-order chi connectivity index (χ1) is 12.6. The number of amides is 1. The molecule has 150 valence electrons. The maximum absolute atomic E-state index is 13.8. The number of piperidine rings is 1. The topological polar surface area (TPSA) is 23.6 Å². The molecule has 0 radical (unpaired) electrons. The van der Waals surface area contributed by atoms with Crippen molar-refractivity contribution in [2.45, 2.75) is 77.3 Å². The zero-order valence-electron chi connectivity index (χ0n) is 16.4. The first-order valence-electron chi connectivity index (χ1n) is 10.1. The number of nitrogens with zero attached hydrogens (tertiary/aromatic N) is 2. The molecule has 4 rings (SSSR count). The monoisotopic (exact) mass is 442 g/mol. The third-order valence-electron chi connectivity index (χ3n) is 7.18. The van der Waals surface area contributed by atoms with E-state index in [0.29, 0.717) is 5.57 Å². The molecule has 1 atom stereocenters. The van der Waals surface area contributed by atoms with Crippen LogP contribution in [0.1, 0.15) is 59.3 Å². The molecule has 4 aliphatic rings. The lowest BCUT2D eigenvalue weighted by atomic mass is 9.71. The van der Waals surface area contributed by atoms with E-state index in [9.17, 15) is 13.6 Å². The molecule has 1 saturated carbocycles. The number of likely N-dealkylation sites (tertiary alicyclic amines) is 1.